The van der Waals surface area contributed by atoms with Crippen LogP contribution in [0, 0.1) is 3.57 Å². The van der Waals surface area contributed by atoms with Crippen LogP contribution in [0.3, 0.4) is 0 Å². The van der Waals surface area contributed by atoms with Gasteiger partial charge >= 0.3 is 0 Å². The van der Waals surface area contributed by atoms with E-state index in [1.807, 2.05) is 17.5 Å². The van der Waals surface area contributed by atoms with Gasteiger partial charge in [0.05, 0.1) is 0 Å². The fraction of sp³-hybridized carbons (Fsp3) is 0. The lowest BCUT2D eigenvalue weighted by Gasteiger charge is -2.03. The van der Waals surface area contributed by atoms with Crippen molar-refractivity contribution in [3.05, 3.63) is 36.2 Å². The molecule has 0 fully saturated rings. The molecule has 1 N–H and O–H groups in total. The summed E-state index contributed by atoms with van der Waals surface area (Å²) < 4.78 is 3.14. The van der Waals surface area contributed by atoms with Gasteiger partial charge in [-0.25, -0.2) is 4.98 Å². The lowest BCUT2D eigenvalue weighted by molar-refractivity contribution is 1.34. The maximum atomic E-state index is 4.27. The van der Waals surface area contributed by atoms with Gasteiger partial charge in [-0.2, -0.15) is 0 Å². The number of aromatic nitrogens is 1. The molecule has 0 atom stereocenters. The standard InChI is InChI=1S/C9H5Br2IN2S/c10-6-2-1-5(3-7(6)12)13-9-14-8(11)4-15-9/h1-4H,(H,13,14). The summed E-state index contributed by atoms with van der Waals surface area (Å²) in [6, 6.07) is 6.11. The number of thiazole rings is 1. The van der Waals surface area contributed by atoms with Gasteiger partial charge in [0.15, 0.2) is 5.13 Å². The molecule has 0 saturated heterocycles. The van der Waals surface area contributed by atoms with Crippen LogP contribution in [0.15, 0.2) is 32.7 Å². The summed E-state index contributed by atoms with van der Waals surface area (Å²) in [5.41, 5.74) is 1.05. The molecular formula is C9H5Br2IN2S. The van der Waals surface area contributed by atoms with Gasteiger partial charge in [0.2, 0.25) is 0 Å². The Morgan fingerprint density at radius 3 is 2.73 bits per heavy atom. The van der Waals surface area contributed by atoms with Crippen molar-refractivity contribution >= 4 is 76.6 Å². The summed E-state index contributed by atoms with van der Waals surface area (Å²) >= 11 is 10.6. The molecule has 6 heteroatoms. The van der Waals surface area contributed by atoms with Crippen LogP contribution in [0.1, 0.15) is 0 Å². The van der Waals surface area contributed by atoms with Crippen LogP contribution in [0.4, 0.5) is 10.8 Å². The molecule has 0 aliphatic rings. The molecule has 1 aromatic heterocycles. The highest BCUT2D eigenvalue weighted by atomic mass is 127. The first kappa shape index (κ1) is 11.8. The second-order valence-corrected chi connectivity index (χ2v) is 6.42. The number of anilines is 2. The summed E-state index contributed by atoms with van der Waals surface area (Å²) in [7, 11) is 0. The maximum absolute atomic E-state index is 4.27. The van der Waals surface area contributed by atoms with Gasteiger partial charge in [-0.1, -0.05) is 0 Å². The van der Waals surface area contributed by atoms with Crippen molar-refractivity contribution in [3.8, 4) is 0 Å². The first-order valence-electron chi connectivity index (χ1n) is 3.98. The minimum absolute atomic E-state index is 0.863. The smallest absolute Gasteiger partial charge is 0.188 e. The zero-order valence-corrected chi connectivity index (χ0v) is 13.4. The molecule has 0 aliphatic heterocycles. The maximum Gasteiger partial charge on any atom is 0.188 e. The van der Waals surface area contributed by atoms with E-state index in [9.17, 15) is 0 Å². The zero-order chi connectivity index (χ0) is 10.8. The molecule has 0 amide bonds. The molecule has 0 spiro atoms. The number of nitrogens with one attached hydrogen (secondary N) is 1. The van der Waals surface area contributed by atoms with Crippen LogP contribution in [-0.4, -0.2) is 4.98 Å². The van der Waals surface area contributed by atoms with Crippen LogP contribution in [0.5, 0.6) is 0 Å². The first-order valence-corrected chi connectivity index (χ1v) is 7.53. The Bertz CT molecular complexity index is 487. The van der Waals surface area contributed by atoms with Crippen LogP contribution in [0.2, 0.25) is 0 Å². The molecule has 0 radical (unpaired) electrons. The second kappa shape index (κ2) is 5.11. The number of hydrogen-bond acceptors (Lipinski definition) is 3. The van der Waals surface area contributed by atoms with Crippen LogP contribution in [-0.2, 0) is 0 Å². The molecule has 15 heavy (non-hydrogen) atoms. The van der Waals surface area contributed by atoms with Gasteiger partial charge in [-0.3, -0.25) is 0 Å². The minimum atomic E-state index is 0.863. The Kier molecular flexibility index (Phi) is 4.03. The van der Waals surface area contributed by atoms with Gasteiger partial charge in [-0.15, -0.1) is 11.3 Å². The summed E-state index contributed by atoms with van der Waals surface area (Å²) in [6.07, 6.45) is 0. The predicted molar refractivity (Wildman–Crippen MR) is 80.0 cm³/mol. The van der Waals surface area contributed by atoms with E-state index in [0.717, 1.165) is 19.9 Å². The van der Waals surface area contributed by atoms with Gasteiger partial charge < -0.3 is 5.32 Å². The Morgan fingerprint density at radius 1 is 1.33 bits per heavy atom. The highest BCUT2D eigenvalue weighted by molar-refractivity contribution is 14.1. The minimum Gasteiger partial charge on any atom is -0.331 e. The summed E-state index contributed by atoms with van der Waals surface area (Å²) in [5.74, 6) is 0. The summed E-state index contributed by atoms with van der Waals surface area (Å²) in [5, 5.41) is 6.08. The summed E-state index contributed by atoms with van der Waals surface area (Å²) in [4.78, 5) is 4.27. The van der Waals surface area contributed by atoms with Gasteiger partial charge in [-0.05, 0) is 72.6 Å². The van der Waals surface area contributed by atoms with E-state index in [-0.39, 0.29) is 0 Å². The lowest BCUT2D eigenvalue weighted by atomic mass is 10.3. The molecular weight excluding hydrogens is 455 g/mol. The Balaban J connectivity index is 2.21. The third kappa shape index (κ3) is 3.15. The molecule has 2 rings (SSSR count). The quantitative estimate of drug-likeness (QED) is 0.638. The van der Waals surface area contributed by atoms with Crippen molar-refractivity contribution in [1.82, 2.24) is 4.98 Å². The molecule has 1 aromatic carbocycles. The van der Waals surface area contributed by atoms with Gasteiger partial charge in [0.1, 0.15) is 4.60 Å². The van der Waals surface area contributed by atoms with E-state index < -0.39 is 0 Å². The van der Waals surface area contributed by atoms with E-state index in [0.29, 0.717) is 0 Å². The molecule has 78 valence electrons. The van der Waals surface area contributed by atoms with Crippen molar-refractivity contribution in [2.45, 2.75) is 0 Å². The average Bonchev–Trinajstić information content (AvgIpc) is 2.58. The van der Waals surface area contributed by atoms with Crippen molar-refractivity contribution in [1.29, 1.82) is 0 Å². The molecule has 0 bridgehead atoms. The van der Waals surface area contributed by atoms with Crippen LogP contribution >= 0.6 is 65.8 Å². The van der Waals surface area contributed by atoms with E-state index >= 15 is 0 Å². The normalized spacial score (nSPS) is 10.3. The van der Waals surface area contributed by atoms with Crippen molar-refractivity contribution < 1.29 is 0 Å². The van der Waals surface area contributed by atoms with Crippen LogP contribution < -0.4 is 5.32 Å². The highest BCUT2D eigenvalue weighted by Gasteiger charge is 2.02. The van der Waals surface area contributed by atoms with E-state index in [2.05, 4.69) is 70.8 Å². The van der Waals surface area contributed by atoms with Gasteiger partial charge in [0.25, 0.3) is 0 Å². The third-order valence-electron chi connectivity index (χ3n) is 1.65. The molecule has 1 heterocycles. The average molecular weight is 460 g/mol. The van der Waals surface area contributed by atoms with Crippen LogP contribution in [0.25, 0.3) is 0 Å². The molecule has 2 nitrogen and oxygen atoms in total. The topological polar surface area (TPSA) is 24.9 Å². The number of halogens is 3. The van der Waals surface area contributed by atoms with Crippen molar-refractivity contribution in [3.63, 3.8) is 0 Å². The Morgan fingerprint density at radius 2 is 2.13 bits per heavy atom. The highest BCUT2D eigenvalue weighted by Crippen LogP contribution is 2.27. The van der Waals surface area contributed by atoms with E-state index in [4.69, 9.17) is 0 Å². The second-order valence-electron chi connectivity index (χ2n) is 2.73. The largest absolute Gasteiger partial charge is 0.331 e. The van der Waals surface area contributed by atoms with E-state index in [1.165, 1.54) is 3.57 Å². The molecule has 0 unspecified atom stereocenters. The Labute approximate surface area is 122 Å². The monoisotopic (exact) mass is 458 g/mol. The predicted octanol–water partition coefficient (Wildman–Crippen LogP) is 5.02. The number of nitrogens with zero attached hydrogens (tertiary/aromatic N) is 1. The fourth-order valence-electron chi connectivity index (χ4n) is 1.01. The Hall–Kier alpha value is 0.340. The number of benzene rings is 1. The molecule has 0 saturated carbocycles. The van der Waals surface area contributed by atoms with Crippen molar-refractivity contribution in [2.24, 2.45) is 0 Å². The number of hydrogen-bond donors (Lipinski definition) is 1. The van der Waals surface area contributed by atoms with Crippen molar-refractivity contribution in [2.75, 3.05) is 5.32 Å². The van der Waals surface area contributed by atoms with Gasteiger partial charge in [0, 0.05) is 19.1 Å². The SMILES string of the molecule is Brc1csc(Nc2ccc(Br)c(I)c2)n1. The third-order valence-corrected chi connectivity index (χ3v) is 5.44. The zero-order valence-electron chi connectivity index (χ0n) is 7.30. The fourth-order valence-corrected chi connectivity index (χ4v) is 2.94. The molecule has 2 aromatic rings. The lowest BCUT2D eigenvalue weighted by Crippen LogP contribution is -1.89. The molecule has 0 aliphatic carbocycles. The van der Waals surface area contributed by atoms with E-state index in [1.54, 1.807) is 11.3 Å². The summed E-state index contributed by atoms with van der Waals surface area (Å²) in [6.45, 7) is 0. The number of rotatable bonds is 2. The first-order chi connectivity index (χ1) is 7.15.